The zero-order valence-electron chi connectivity index (χ0n) is 3.66. The van der Waals surface area contributed by atoms with Crippen LogP contribution < -0.4 is 0 Å². The highest BCUT2D eigenvalue weighted by molar-refractivity contribution is 8.40. The SMILES string of the molecule is [2H]S(=O)(Cl)(Cl)CF. The maximum absolute atomic E-state index is 11.2. The first-order valence-electron chi connectivity index (χ1n) is 1.44. The van der Waals surface area contributed by atoms with Crippen LogP contribution in [-0.2, 0) is 8.26 Å². The van der Waals surface area contributed by atoms with Crippen LogP contribution in [0.25, 0.3) is 0 Å². The van der Waals surface area contributed by atoms with Gasteiger partial charge in [-0.3, -0.25) is 4.21 Å². The van der Waals surface area contributed by atoms with Crippen molar-refractivity contribution in [1.82, 2.24) is 0 Å². The highest BCUT2D eigenvalue weighted by Crippen LogP contribution is 2.14. The first kappa shape index (κ1) is 4.81. The summed E-state index contributed by atoms with van der Waals surface area (Å²) in [6, 6.07) is -1.51. The number of hydrogen-bond acceptors (Lipinski definition) is 1. The molecule has 0 unspecified atom stereocenters. The van der Waals surface area contributed by atoms with E-state index in [1.807, 2.05) is 0 Å². The molecule has 1 nitrogen and oxygen atoms in total. The van der Waals surface area contributed by atoms with Crippen LogP contribution in [0, 0.1) is 0 Å². The van der Waals surface area contributed by atoms with Crippen molar-refractivity contribution in [3.8, 4) is 0 Å². The molecule has 0 spiro atoms. The molecule has 0 amide bonds. The second-order valence-electron chi connectivity index (χ2n) is 0.629. The van der Waals surface area contributed by atoms with E-state index in [4.69, 9.17) is 1.12 Å². The number of rotatable bonds is 1. The smallest absolute Gasteiger partial charge is 0.167 e. The largest absolute Gasteiger partial charge is 0.254 e. The number of halogens is 3. The molecule has 0 aromatic carbocycles. The summed E-state index contributed by atoms with van der Waals surface area (Å²) in [5.74, 6) is 0. The molecule has 5 heteroatoms. The predicted octanol–water partition coefficient (Wildman–Crippen LogP) is 1.24. The summed E-state index contributed by atoms with van der Waals surface area (Å²) in [5, 5.41) is 0. The van der Waals surface area contributed by atoms with Crippen LogP contribution in [0.1, 0.15) is 0 Å². The quantitative estimate of drug-likeness (QED) is 0.444. The maximum atomic E-state index is 11.2. The molecule has 0 N–H and O–H groups in total. The molecule has 6 heavy (non-hydrogen) atoms. The lowest BCUT2D eigenvalue weighted by Gasteiger charge is -1.94. The van der Waals surface area contributed by atoms with Gasteiger partial charge in [0.1, 0.15) is 1.12 Å². The topological polar surface area (TPSA) is 17.1 Å². The molecule has 0 bridgehead atoms. The standard InChI is InChI=1S/CH3Cl2FOS/c2-6(3,5)1-4/h6H,1H2/i6D. The van der Waals surface area contributed by atoms with Gasteiger partial charge in [0, 0.05) is 0 Å². The first-order chi connectivity index (χ1) is 2.81. The summed E-state index contributed by atoms with van der Waals surface area (Å²) in [6.07, 6.45) is 0. The van der Waals surface area contributed by atoms with E-state index in [1.165, 1.54) is 0 Å². The second-order valence-corrected chi connectivity index (χ2v) is 5.35. The Hall–Kier alpha value is 0.660. The summed E-state index contributed by atoms with van der Waals surface area (Å²) in [5.41, 5.74) is 0. The molecular weight excluding hydrogens is 150 g/mol. The first-order valence-corrected chi connectivity index (χ1v) is 4.41. The summed E-state index contributed by atoms with van der Waals surface area (Å²) in [4.78, 5) is 0. The zero-order chi connectivity index (χ0) is 6.15. The number of thiol groups is 1. The number of alkyl halides is 1. The zero-order valence-corrected chi connectivity index (χ0v) is 4.99. The van der Waals surface area contributed by atoms with Crippen molar-refractivity contribution in [2.24, 2.45) is 0 Å². The van der Waals surface area contributed by atoms with E-state index in [1.54, 1.807) is 0 Å². The minimum absolute atomic E-state index is 1.51. The van der Waals surface area contributed by atoms with Crippen molar-refractivity contribution in [3.05, 3.63) is 0 Å². The van der Waals surface area contributed by atoms with E-state index in [-0.39, 0.29) is 0 Å². The molecule has 40 valence electrons. The summed E-state index contributed by atoms with van der Waals surface area (Å²) in [6.45, 7) is 0. The lowest BCUT2D eigenvalue weighted by Crippen LogP contribution is -1.89. The normalized spacial score (nSPS) is 21.2. The summed E-state index contributed by atoms with van der Waals surface area (Å²) in [7, 11) is 4.58. The molecule has 0 aliphatic rings. The van der Waals surface area contributed by atoms with Crippen LogP contribution in [0.15, 0.2) is 0 Å². The predicted molar refractivity (Wildman–Crippen MR) is 27.2 cm³/mol. The van der Waals surface area contributed by atoms with Gasteiger partial charge in [0.05, 0.1) is 8.26 Å². The molecule has 0 aromatic rings. The third-order valence-corrected chi connectivity index (χ3v) is 0.876. The molecule has 0 aromatic heterocycles. The Balaban J connectivity index is 4.14. The van der Waals surface area contributed by atoms with Crippen LogP contribution in [0.2, 0.25) is 0 Å². The molecule has 0 rings (SSSR count). The van der Waals surface area contributed by atoms with Gasteiger partial charge in [-0.05, 0) is 21.4 Å². The van der Waals surface area contributed by atoms with E-state index in [0.29, 0.717) is 0 Å². The van der Waals surface area contributed by atoms with E-state index in [0.717, 1.165) is 0 Å². The van der Waals surface area contributed by atoms with Gasteiger partial charge < -0.3 is 0 Å². The van der Waals surface area contributed by atoms with E-state index < -0.39 is 14.3 Å². The third kappa shape index (κ3) is 4.66. The van der Waals surface area contributed by atoms with Crippen molar-refractivity contribution in [1.29, 1.82) is 1.12 Å². The van der Waals surface area contributed by atoms with Gasteiger partial charge in [-0.15, -0.1) is 0 Å². The van der Waals surface area contributed by atoms with Gasteiger partial charge in [0.2, 0.25) is 0 Å². The van der Waals surface area contributed by atoms with Gasteiger partial charge in [0.15, 0.2) is 6.01 Å². The summed E-state index contributed by atoms with van der Waals surface area (Å²) >= 11 is 0. The molecule has 0 aliphatic carbocycles. The fourth-order valence-corrected chi connectivity index (χ4v) is 0. The van der Waals surface area contributed by atoms with Crippen molar-refractivity contribution < 1.29 is 8.60 Å². The fourth-order valence-electron chi connectivity index (χ4n) is 0. The molecule has 0 radical (unpaired) electrons. The van der Waals surface area contributed by atoms with Gasteiger partial charge in [-0.1, -0.05) is 0 Å². The lowest BCUT2D eigenvalue weighted by molar-refractivity contribution is 0.584. The van der Waals surface area contributed by atoms with Gasteiger partial charge in [0.25, 0.3) is 0 Å². The van der Waals surface area contributed by atoms with Gasteiger partial charge in [-0.25, -0.2) is 4.39 Å². The van der Waals surface area contributed by atoms with Gasteiger partial charge in [-0.2, -0.15) is 0 Å². The second kappa shape index (κ2) is 2.09. The Labute approximate surface area is 45.9 Å². The van der Waals surface area contributed by atoms with Crippen LogP contribution in [0.4, 0.5) is 4.39 Å². The monoisotopic (exact) mass is 153 g/mol. The fraction of sp³-hybridized carbons (Fsp3) is 1.00. The molecular formula is CH3Cl2FOS. The molecule has 0 aliphatic heterocycles. The Morgan fingerprint density at radius 2 is 2.17 bits per heavy atom. The molecule has 0 fully saturated rings. The average molecular weight is 154 g/mol. The van der Waals surface area contributed by atoms with Crippen molar-refractivity contribution in [2.45, 2.75) is 0 Å². The minimum atomic E-state index is -4.59. The molecule has 0 heterocycles. The van der Waals surface area contributed by atoms with E-state index in [9.17, 15) is 8.60 Å². The van der Waals surface area contributed by atoms with Crippen LogP contribution in [-0.4, -0.2) is 11.3 Å². The summed E-state index contributed by atoms with van der Waals surface area (Å²) < 4.78 is 27.4. The highest BCUT2D eigenvalue weighted by atomic mass is 36.0. The van der Waals surface area contributed by atoms with Crippen LogP contribution in [0.3, 0.4) is 0 Å². The van der Waals surface area contributed by atoms with E-state index in [2.05, 4.69) is 21.4 Å². The maximum Gasteiger partial charge on any atom is 0.167 e. The van der Waals surface area contributed by atoms with Crippen molar-refractivity contribution in [2.75, 3.05) is 6.01 Å². The van der Waals surface area contributed by atoms with Crippen LogP contribution >= 0.6 is 21.4 Å². The molecule has 0 saturated carbocycles. The van der Waals surface area contributed by atoms with E-state index >= 15 is 0 Å². The Kier molecular flexibility index (Phi) is 1.68. The third-order valence-electron chi connectivity index (χ3n) is 0.127. The molecule has 0 saturated heterocycles. The average Bonchev–Trinajstić information content (AvgIpc) is 1.32. The Morgan fingerprint density at radius 1 is 2.00 bits per heavy atom. The number of hydrogen-bond donors (Lipinski definition) is 1. The molecule has 0 atom stereocenters. The van der Waals surface area contributed by atoms with Crippen LogP contribution in [0.5, 0.6) is 0 Å². The van der Waals surface area contributed by atoms with Crippen molar-refractivity contribution >= 4 is 29.6 Å². The minimum Gasteiger partial charge on any atom is -0.254 e. The Morgan fingerprint density at radius 3 is 2.17 bits per heavy atom. The van der Waals surface area contributed by atoms with Crippen molar-refractivity contribution in [3.63, 3.8) is 0 Å². The van der Waals surface area contributed by atoms with Gasteiger partial charge >= 0.3 is 0 Å². The highest BCUT2D eigenvalue weighted by Gasteiger charge is 2.00. The lowest BCUT2D eigenvalue weighted by atomic mass is 11.8. The Bertz CT molecular complexity index is 119.